The molecule has 0 bridgehead atoms. The topological polar surface area (TPSA) is 55.1 Å². The van der Waals surface area contributed by atoms with E-state index >= 15 is 0 Å². The Morgan fingerprint density at radius 3 is 2.53 bits per heavy atom. The number of hydrogen-bond donors (Lipinski definition) is 2. The number of carbonyl (C=O) groups excluding carboxylic acids is 1. The second kappa shape index (κ2) is 4.89. The third kappa shape index (κ3) is 2.77. The van der Waals surface area contributed by atoms with Crippen LogP contribution >= 0.6 is 11.6 Å². The molecule has 2 aromatic rings. The minimum Gasteiger partial charge on any atom is -0.398 e. The fourth-order valence-electron chi connectivity index (χ4n) is 1.45. The van der Waals surface area contributed by atoms with Gasteiger partial charge in [0.1, 0.15) is 0 Å². The first-order valence-corrected chi connectivity index (χ1v) is 5.46. The van der Waals surface area contributed by atoms with Crippen molar-refractivity contribution in [1.29, 1.82) is 0 Å². The first kappa shape index (κ1) is 11.5. The third-order valence-electron chi connectivity index (χ3n) is 2.29. The predicted octanol–water partition coefficient (Wildman–Crippen LogP) is 3.17. The van der Waals surface area contributed by atoms with Crippen molar-refractivity contribution in [3.63, 3.8) is 0 Å². The fraction of sp³-hybridized carbons (Fsp3) is 0. The van der Waals surface area contributed by atoms with E-state index < -0.39 is 0 Å². The van der Waals surface area contributed by atoms with Crippen LogP contribution in [-0.2, 0) is 0 Å². The number of carbonyl (C=O) groups is 1. The van der Waals surface area contributed by atoms with Crippen molar-refractivity contribution in [2.24, 2.45) is 0 Å². The minimum atomic E-state index is -0.267. The van der Waals surface area contributed by atoms with Gasteiger partial charge in [0, 0.05) is 16.4 Å². The molecule has 0 heterocycles. The van der Waals surface area contributed by atoms with Gasteiger partial charge in [-0.1, -0.05) is 29.8 Å². The highest BCUT2D eigenvalue weighted by atomic mass is 35.5. The summed E-state index contributed by atoms with van der Waals surface area (Å²) in [6.07, 6.45) is 0. The Morgan fingerprint density at radius 2 is 1.82 bits per heavy atom. The molecular weight excluding hydrogens is 236 g/mol. The van der Waals surface area contributed by atoms with Gasteiger partial charge in [-0.2, -0.15) is 0 Å². The summed E-state index contributed by atoms with van der Waals surface area (Å²) in [5, 5.41) is 3.23. The molecule has 0 saturated heterocycles. The molecule has 0 unspecified atom stereocenters. The molecule has 0 fully saturated rings. The van der Waals surface area contributed by atoms with Gasteiger partial charge in [-0.25, -0.2) is 0 Å². The van der Waals surface area contributed by atoms with Crippen LogP contribution in [0.2, 0.25) is 5.02 Å². The Bertz CT molecular complexity index is 540. The van der Waals surface area contributed by atoms with Gasteiger partial charge in [0.05, 0.1) is 5.56 Å². The summed E-state index contributed by atoms with van der Waals surface area (Å²) in [5.41, 5.74) is 7.23. The Kier molecular flexibility index (Phi) is 3.30. The van der Waals surface area contributed by atoms with Crippen molar-refractivity contribution in [2.75, 3.05) is 11.1 Å². The van der Waals surface area contributed by atoms with Crippen molar-refractivity contribution in [1.82, 2.24) is 0 Å². The van der Waals surface area contributed by atoms with Gasteiger partial charge in [-0.3, -0.25) is 4.79 Å². The van der Waals surface area contributed by atoms with Crippen LogP contribution in [0.25, 0.3) is 0 Å². The van der Waals surface area contributed by atoms with Crippen LogP contribution in [0.3, 0.4) is 0 Å². The quantitative estimate of drug-likeness (QED) is 0.800. The Morgan fingerprint density at radius 1 is 1.12 bits per heavy atom. The van der Waals surface area contributed by atoms with Crippen LogP contribution in [0.4, 0.5) is 11.4 Å². The second-order valence-corrected chi connectivity index (χ2v) is 3.99. The highest BCUT2D eigenvalue weighted by Gasteiger charge is 2.10. The zero-order chi connectivity index (χ0) is 12.3. The molecule has 17 heavy (non-hydrogen) atoms. The van der Waals surface area contributed by atoms with Crippen LogP contribution in [0.15, 0.2) is 48.5 Å². The summed E-state index contributed by atoms with van der Waals surface area (Å²) < 4.78 is 0. The average molecular weight is 247 g/mol. The van der Waals surface area contributed by atoms with Crippen LogP contribution in [0.5, 0.6) is 0 Å². The fourth-order valence-corrected chi connectivity index (χ4v) is 1.62. The van der Waals surface area contributed by atoms with Gasteiger partial charge < -0.3 is 11.1 Å². The lowest BCUT2D eigenvalue weighted by Crippen LogP contribution is -2.13. The van der Waals surface area contributed by atoms with E-state index in [1.54, 1.807) is 30.3 Å². The molecule has 0 radical (unpaired) electrons. The summed E-state index contributed by atoms with van der Waals surface area (Å²) in [6.45, 7) is 0. The van der Waals surface area contributed by atoms with E-state index in [1.807, 2.05) is 18.2 Å². The SMILES string of the molecule is Nc1ccc(Cl)cc1C(=O)Nc1ccccc1. The van der Waals surface area contributed by atoms with Crippen molar-refractivity contribution >= 4 is 28.9 Å². The lowest BCUT2D eigenvalue weighted by molar-refractivity contribution is 0.102. The van der Waals surface area contributed by atoms with Gasteiger partial charge in [-0.05, 0) is 30.3 Å². The number of nitrogens with two attached hydrogens (primary N) is 1. The normalized spacial score (nSPS) is 9.94. The van der Waals surface area contributed by atoms with Crippen LogP contribution in [0, 0.1) is 0 Å². The molecule has 0 atom stereocenters. The summed E-state index contributed by atoms with van der Waals surface area (Å²) in [5.74, 6) is -0.267. The number of halogens is 1. The molecule has 86 valence electrons. The summed E-state index contributed by atoms with van der Waals surface area (Å²) in [7, 11) is 0. The van der Waals surface area contributed by atoms with Crippen molar-refractivity contribution in [3.8, 4) is 0 Å². The molecule has 0 spiro atoms. The molecule has 3 nitrogen and oxygen atoms in total. The monoisotopic (exact) mass is 246 g/mol. The number of nitrogen functional groups attached to an aromatic ring is 1. The van der Waals surface area contributed by atoms with Crippen LogP contribution < -0.4 is 11.1 Å². The molecule has 1 amide bonds. The maximum Gasteiger partial charge on any atom is 0.257 e. The largest absolute Gasteiger partial charge is 0.398 e. The number of nitrogens with one attached hydrogen (secondary N) is 1. The number of benzene rings is 2. The van der Waals surface area contributed by atoms with E-state index in [4.69, 9.17) is 17.3 Å². The smallest absolute Gasteiger partial charge is 0.257 e. The maximum absolute atomic E-state index is 11.9. The van der Waals surface area contributed by atoms with E-state index in [0.717, 1.165) is 5.69 Å². The zero-order valence-corrected chi connectivity index (χ0v) is 9.74. The standard InChI is InChI=1S/C13H11ClN2O/c14-9-6-7-12(15)11(8-9)13(17)16-10-4-2-1-3-5-10/h1-8H,15H2,(H,16,17). The molecular formula is C13H11ClN2O. The summed E-state index contributed by atoms with van der Waals surface area (Å²) in [4.78, 5) is 11.9. The molecule has 0 aliphatic heterocycles. The van der Waals surface area contributed by atoms with Gasteiger partial charge in [0.25, 0.3) is 5.91 Å². The van der Waals surface area contributed by atoms with Gasteiger partial charge in [0.15, 0.2) is 0 Å². The van der Waals surface area contributed by atoms with Crippen LogP contribution in [0.1, 0.15) is 10.4 Å². The summed E-state index contributed by atoms with van der Waals surface area (Å²) >= 11 is 5.83. The van der Waals surface area contributed by atoms with Crippen LogP contribution in [-0.4, -0.2) is 5.91 Å². The number of rotatable bonds is 2. The van der Waals surface area contributed by atoms with Crippen molar-refractivity contribution in [3.05, 3.63) is 59.1 Å². The molecule has 2 aromatic carbocycles. The first-order chi connectivity index (χ1) is 8.16. The molecule has 3 N–H and O–H groups in total. The van der Waals surface area contributed by atoms with E-state index in [2.05, 4.69) is 5.32 Å². The molecule has 0 aromatic heterocycles. The molecule has 0 aliphatic carbocycles. The van der Waals surface area contributed by atoms with Crippen molar-refractivity contribution in [2.45, 2.75) is 0 Å². The highest BCUT2D eigenvalue weighted by molar-refractivity contribution is 6.31. The first-order valence-electron chi connectivity index (χ1n) is 5.08. The van der Waals surface area contributed by atoms with Gasteiger partial charge in [-0.15, -0.1) is 0 Å². The van der Waals surface area contributed by atoms with E-state index in [-0.39, 0.29) is 5.91 Å². The Hall–Kier alpha value is -2.00. The molecule has 0 saturated carbocycles. The van der Waals surface area contributed by atoms with E-state index in [1.165, 1.54) is 0 Å². The van der Waals surface area contributed by atoms with Gasteiger partial charge in [0.2, 0.25) is 0 Å². The van der Waals surface area contributed by atoms with E-state index in [0.29, 0.717) is 16.3 Å². The van der Waals surface area contributed by atoms with Crippen molar-refractivity contribution < 1.29 is 4.79 Å². The second-order valence-electron chi connectivity index (χ2n) is 3.55. The molecule has 4 heteroatoms. The number of amides is 1. The lowest BCUT2D eigenvalue weighted by atomic mass is 10.1. The minimum absolute atomic E-state index is 0.267. The molecule has 2 rings (SSSR count). The summed E-state index contributed by atoms with van der Waals surface area (Å²) in [6, 6.07) is 14.0. The zero-order valence-electron chi connectivity index (χ0n) is 8.98. The highest BCUT2D eigenvalue weighted by Crippen LogP contribution is 2.19. The number of anilines is 2. The number of para-hydroxylation sites is 1. The average Bonchev–Trinajstić information content (AvgIpc) is 2.33. The van der Waals surface area contributed by atoms with Gasteiger partial charge >= 0.3 is 0 Å². The predicted molar refractivity (Wildman–Crippen MR) is 70.3 cm³/mol. The Labute approximate surface area is 104 Å². The third-order valence-corrected chi connectivity index (χ3v) is 2.53. The molecule has 0 aliphatic rings. The Balaban J connectivity index is 2.23. The lowest BCUT2D eigenvalue weighted by Gasteiger charge is -2.07. The van der Waals surface area contributed by atoms with E-state index in [9.17, 15) is 4.79 Å². The maximum atomic E-state index is 11.9. The number of hydrogen-bond acceptors (Lipinski definition) is 2.